The number of nitrogens with one attached hydrogen (secondary N) is 1. The van der Waals surface area contributed by atoms with Crippen LogP contribution in [0.25, 0.3) is 10.9 Å². The predicted molar refractivity (Wildman–Crippen MR) is 125 cm³/mol. The molecular formula is C24H20ClN3O6. The second-order valence-electron chi connectivity index (χ2n) is 7.04. The van der Waals surface area contributed by atoms with Crippen molar-refractivity contribution in [1.82, 2.24) is 9.97 Å². The Labute approximate surface area is 200 Å². The molecular weight excluding hydrogens is 462 g/mol. The van der Waals surface area contributed by atoms with Crippen molar-refractivity contribution in [2.24, 2.45) is 0 Å². The van der Waals surface area contributed by atoms with Crippen LogP contribution in [0.1, 0.15) is 0 Å². The van der Waals surface area contributed by atoms with Crippen LogP contribution in [0.4, 0.5) is 5.82 Å². The molecule has 4 rings (SSSR count). The lowest BCUT2D eigenvalue weighted by Gasteiger charge is -2.16. The third kappa shape index (κ3) is 5.00. The van der Waals surface area contributed by atoms with E-state index < -0.39 is 11.6 Å². The number of nitrogens with zero attached hydrogens (tertiary/aromatic N) is 2. The largest absolute Gasteiger partial charge is 0.493 e. The summed E-state index contributed by atoms with van der Waals surface area (Å²) in [6.07, 6.45) is 3.61. The van der Waals surface area contributed by atoms with E-state index >= 15 is 0 Å². The molecule has 0 spiro atoms. The number of methoxy groups -OCH3 is 2. The predicted octanol–water partition coefficient (Wildman–Crippen LogP) is 3.73. The first kappa shape index (κ1) is 23.2. The molecule has 1 aromatic heterocycles. The number of hydrogen-bond donors (Lipinski definition) is 1. The van der Waals surface area contributed by atoms with E-state index in [2.05, 4.69) is 15.3 Å². The van der Waals surface area contributed by atoms with E-state index in [-0.39, 0.29) is 17.2 Å². The zero-order valence-corrected chi connectivity index (χ0v) is 19.1. The molecule has 0 saturated heterocycles. The number of ether oxygens (including phenoxy) is 4. The fourth-order valence-corrected chi connectivity index (χ4v) is 3.34. The molecule has 1 aliphatic rings. The zero-order valence-electron chi connectivity index (χ0n) is 18.3. The third-order valence-corrected chi connectivity index (χ3v) is 5.13. The Balaban J connectivity index is 1.58. The lowest BCUT2D eigenvalue weighted by atomic mass is 10.1. The van der Waals surface area contributed by atoms with E-state index in [0.717, 1.165) is 12.2 Å². The van der Waals surface area contributed by atoms with E-state index in [9.17, 15) is 9.59 Å². The highest BCUT2D eigenvalue weighted by Gasteiger charge is 2.24. The van der Waals surface area contributed by atoms with Crippen LogP contribution in [0.15, 0.2) is 66.3 Å². The molecule has 10 heteroatoms. The molecule has 0 fully saturated rings. The molecule has 0 atom stereocenters. The average molecular weight is 482 g/mol. The normalized spacial score (nSPS) is 13.4. The number of benzene rings is 2. The molecule has 0 aliphatic heterocycles. The van der Waals surface area contributed by atoms with Gasteiger partial charge in [0.05, 0.1) is 30.0 Å². The second kappa shape index (κ2) is 10.3. The van der Waals surface area contributed by atoms with Crippen molar-refractivity contribution in [1.29, 1.82) is 0 Å². The van der Waals surface area contributed by atoms with Crippen molar-refractivity contribution in [2.75, 3.05) is 32.8 Å². The van der Waals surface area contributed by atoms with Gasteiger partial charge in [-0.1, -0.05) is 23.7 Å². The summed E-state index contributed by atoms with van der Waals surface area (Å²) in [5.74, 6) is 0.463. The number of halogens is 1. The lowest BCUT2D eigenvalue weighted by molar-refractivity contribution is -0.116. The molecule has 1 aliphatic carbocycles. The van der Waals surface area contributed by atoms with Crippen LogP contribution in [-0.2, 0) is 14.3 Å². The number of aromatic nitrogens is 2. The number of rotatable bonds is 9. The summed E-state index contributed by atoms with van der Waals surface area (Å²) in [5.41, 5.74) is 0.593. The minimum absolute atomic E-state index is 0.0379. The summed E-state index contributed by atoms with van der Waals surface area (Å²) in [6, 6.07) is 10.1. The molecule has 1 heterocycles. The third-order valence-electron chi connectivity index (χ3n) is 4.82. The number of allylic oxidation sites excluding steroid dienone is 2. The molecule has 1 N–H and O–H groups in total. The number of carbonyl (C=O) groups is 2. The van der Waals surface area contributed by atoms with Crippen molar-refractivity contribution in [2.45, 2.75) is 0 Å². The summed E-state index contributed by atoms with van der Waals surface area (Å²) in [7, 11) is 3.09. The molecule has 0 bridgehead atoms. The Kier molecular flexibility index (Phi) is 7.05. The van der Waals surface area contributed by atoms with E-state index in [1.54, 1.807) is 43.5 Å². The molecule has 0 radical (unpaired) electrons. The van der Waals surface area contributed by atoms with Gasteiger partial charge in [-0.15, -0.1) is 0 Å². The lowest BCUT2D eigenvalue weighted by Crippen LogP contribution is -2.21. The smallest absolute Gasteiger partial charge is 0.223 e. The van der Waals surface area contributed by atoms with Gasteiger partial charge < -0.3 is 24.3 Å². The first-order valence-corrected chi connectivity index (χ1v) is 10.5. The summed E-state index contributed by atoms with van der Waals surface area (Å²) in [6.45, 7) is 0.751. The van der Waals surface area contributed by atoms with Gasteiger partial charge in [-0.2, -0.15) is 0 Å². The van der Waals surface area contributed by atoms with E-state index in [0.29, 0.717) is 46.5 Å². The number of fused-ring (bicyclic) bond motifs is 1. The highest BCUT2D eigenvalue weighted by atomic mass is 35.5. The first-order valence-electron chi connectivity index (χ1n) is 10.2. The van der Waals surface area contributed by atoms with Crippen LogP contribution in [0.3, 0.4) is 0 Å². The van der Waals surface area contributed by atoms with Gasteiger partial charge in [0.1, 0.15) is 24.5 Å². The van der Waals surface area contributed by atoms with Gasteiger partial charge >= 0.3 is 0 Å². The van der Waals surface area contributed by atoms with Gasteiger partial charge in [-0.3, -0.25) is 9.59 Å². The number of hydrogen-bond acceptors (Lipinski definition) is 9. The van der Waals surface area contributed by atoms with Gasteiger partial charge in [0.25, 0.3) is 0 Å². The molecule has 0 amide bonds. The SMILES string of the molecule is COCCOc1cc2ncnc(NC3=CC(=O)C(Oc4ccccc4Cl)=CC3=O)c2cc1OC. The highest BCUT2D eigenvalue weighted by Crippen LogP contribution is 2.34. The van der Waals surface area contributed by atoms with Gasteiger partial charge in [-0.25, -0.2) is 9.97 Å². The summed E-state index contributed by atoms with van der Waals surface area (Å²) in [4.78, 5) is 33.8. The Morgan fingerprint density at radius 2 is 1.76 bits per heavy atom. The standard InChI is InChI=1S/C24H20ClN3O6/c1-31-7-8-33-23-11-16-14(9-22(23)32-2)24(27-13-26-16)28-17-10-19(30)21(12-18(17)29)34-20-6-4-3-5-15(20)25/h3-6,9-13H,7-8H2,1-2H3,(H,26,27,28). The Morgan fingerprint density at radius 1 is 0.941 bits per heavy atom. The monoisotopic (exact) mass is 481 g/mol. The maximum absolute atomic E-state index is 12.7. The van der Waals surface area contributed by atoms with Crippen molar-refractivity contribution in [3.63, 3.8) is 0 Å². The molecule has 34 heavy (non-hydrogen) atoms. The van der Waals surface area contributed by atoms with E-state index in [1.807, 2.05) is 0 Å². The number of ketones is 2. The van der Waals surface area contributed by atoms with E-state index in [1.165, 1.54) is 13.4 Å². The number of carbonyl (C=O) groups excluding carboxylic acids is 2. The molecule has 0 saturated carbocycles. The molecule has 3 aromatic rings. The van der Waals surface area contributed by atoms with Crippen LogP contribution >= 0.6 is 11.6 Å². The van der Waals surface area contributed by atoms with Gasteiger partial charge in [0.2, 0.25) is 11.6 Å². The Bertz CT molecular complexity index is 1320. The quantitative estimate of drug-likeness (QED) is 0.361. The van der Waals surface area contributed by atoms with Crippen LogP contribution in [0.2, 0.25) is 5.02 Å². The average Bonchev–Trinajstić information content (AvgIpc) is 2.83. The summed E-state index contributed by atoms with van der Waals surface area (Å²) < 4.78 is 21.7. The van der Waals surface area contributed by atoms with Crippen LogP contribution in [-0.4, -0.2) is 49.0 Å². The van der Waals surface area contributed by atoms with Crippen LogP contribution < -0.4 is 19.5 Å². The van der Waals surface area contributed by atoms with Gasteiger partial charge in [0.15, 0.2) is 17.3 Å². The Morgan fingerprint density at radius 3 is 2.53 bits per heavy atom. The minimum Gasteiger partial charge on any atom is -0.493 e. The first-order chi connectivity index (χ1) is 16.5. The number of para-hydroxylation sites is 1. The molecule has 174 valence electrons. The van der Waals surface area contributed by atoms with Gasteiger partial charge in [0, 0.05) is 30.7 Å². The molecule has 2 aromatic carbocycles. The maximum Gasteiger partial charge on any atom is 0.223 e. The van der Waals surface area contributed by atoms with Crippen molar-refractivity contribution >= 4 is 39.9 Å². The molecule has 0 unspecified atom stereocenters. The minimum atomic E-state index is -0.494. The van der Waals surface area contributed by atoms with Crippen molar-refractivity contribution in [3.8, 4) is 17.2 Å². The van der Waals surface area contributed by atoms with Crippen molar-refractivity contribution < 1.29 is 28.5 Å². The number of anilines is 1. The van der Waals surface area contributed by atoms with Crippen molar-refractivity contribution in [3.05, 3.63) is 71.4 Å². The van der Waals surface area contributed by atoms with Crippen LogP contribution in [0, 0.1) is 0 Å². The van der Waals surface area contributed by atoms with E-state index in [4.69, 9.17) is 30.5 Å². The summed E-state index contributed by atoms with van der Waals surface area (Å²) in [5, 5.41) is 3.81. The maximum atomic E-state index is 12.7. The molecule has 9 nitrogen and oxygen atoms in total. The highest BCUT2D eigenvalue weighted by molar-refractivity contribution is 6.32. The fraction of sp³-hybridized carbons (Fsp3) is 0.167. The Hall–Kier alpha value is -3.95. The second-order valence-corrected chi connectivity index (χ2v) is 7.44. The van der Waals surface area contributed by atoms with Gasteiger partial charge in [-0.05, 0) is 18.2 Å². The zero-order chi connectivity index (χ0) is 24.1. The topological polar surface area (TPSA) is 109 Å². The summed E-state index contributed by atoms with van der Waals surface area (Å²) >= 11 is 6.07. The fourth-order valence-electron chi connectivity index (χ4n) is 3.16. The van der Waals surface area contributed by atoms with Crippen LogP contribution in [0.5, 0.6) is 17.2 Å².